The lowest BCUT2D eigenvalue weighted by atomic mass is 10.2. The average Bonchev–Trinajstić information content (AvgIpc) is 2.84. The Labute approximate surface area is 119 Å². The summed E-state index contributed by atoms with van der Waals surface area (Å²) in [6.45, 7) is 4.79. The zero-order chi connectivity index (χ0) is 14.5. The van der Waals surface area contributed by atoms with Crippen LogP contribution in [0.3, 0.4) is 0 Å². The maximum atomic E-state index is 5.47. The molecule has 0 aliphatic carbocycles. The Balaban J connectivity index is 2.22. The summed E-state index contributed by atoms with van der Waals surface area (Å²) in [6, 6.07) is 3.82. The van der Waals surface area contributed by atoms with Crippen LogP contribution >= 0.6 is 0 Å². The van der Waals surface area contributed by atoms with E-state index >= 15 is 0 Å². The van der Waals surface area contributed by atoms with Gasteiger partial charge in [0.25, 0.3) is 0 Å². The van der Waals surface area contributed by atoms with Gasteiger partial charge < -0.3 is 14.7 Å². The Hall–Kier alpha value is -2.08. The molecular weight excluding hydrogens is 254 g/mol. The Morgan fingerprint density at radius 3 is 2.80 bits per heavy atom. The normalized spacial score (nSPS) is 10.6. The fourth-order valence-electron chi connectivity index (χ4n) is 2.00. The van der Waals surface area contributed by atoms with Crippen LogP contribution in [0.1, 0.15) is 30.5 Å². The van der Waals surface area contributed by atoms with Gasteiger partial charge in [0, 0.05) is 31.6 Å². The van der Waals surface area contributed by atoms with Crippen LogP contribution in [0, 0.1) is 6.92 Å². The maximum Gasteiger partial charge on any atom is 0.145 e. The van der Waals surface area contributed by atoms with Crippen molar-refractivity contribution in [3.05, 3.63) is 35.5 Å². The first-order valence-corrected chi connectivity index (χ1v) is 6.72. The highest BCUT2D eigenvalue weighted by Crippen LogP contribution is 2.19. The Morgan fingerprint density at radius 1 is 1.40 bits per heavy atom. The summed E-state index contributed by atoms with van der Waals surface area (Å²) in [5.41, 5.74) is 3.74. The summed E-state index contributed by atoms with van der Waals surface area (Å²) in [5, 5.41) is 0. The zero-order valence-electron chi connectivity index (χ0n) is 12.2. The number of anilines is 2. The van der Waals surface area contributed by atoms with Crippen LogP contribution in [-0.2, 0) is 13.0 Å². The molecule has 0 saturated heterocycles. The third kappa shape index (κ3) is 3.27. The Morgan fingerprint density at radius 2 is 2.20 bits per heavy atom. The standard InChI is InChI=1S/C14H21N5O/c1-4-5-12-16-13(18-15)8-14(17-12)19(3)9-11-6-7-20-10(11)2/h6-8H,4-5,9,15H2,1-3H3,(H,16,17,18). The third-order valence-corrected chi connectivity index (χ3v) is 3.15. The highest BCUT2D eigenvalue weighted by molar-refractivity contribution is 5.48. The molecule has 0 atom stereocenters. The van der Waals surface area contributed by atoms with Crippen molar-refractivity contribution in [3.8, 4) is 0 Å². The summed E-state index contributed by atoms with van der Waals surface area (Å²) >= 11 is 0. The number of furan rings is 1. The second-order valence-electron chi connectivity index (χ2n) is 4.78. The molecule has 6 heteroatoms. The molecule has 2 heterocycles. The molecule has 0 radical (unpaired) electrons. The molecule has 3 N–H and O–H groups in total. The average molecular weight is 275 g/mol. The summed E-state index contributed by atoms with van der Waals surface area (Å²) in [5.74, 6) is 8.68. The Kier molecular flexibility index (Phi) is 4.57. The van der Waals surface area contributed by atoms with Gasteiger partial charge in [0.15, 0.2) is 0 Å². The molecule has 0 amide bonds. The van der Waals surface area contributed by atoms with Gasteiger partial charge in [0.2, 0.25) is 0 Å². The van der Waals surface area contributed by atoms with Crippen LogP contribution < -0.4 is 16.2 Å². The van der Waals surface area contributed by atoms with E-state index in [2.05, 4.69) is 27.2 Å². The summed E-state index contributed by atoms with van der Waals surface area (Å²) in [4.78, 5) is 11.0. The van der Waals surface area contributed by atoms with Crippen molar-refractivity contribution in [2.45, 2.75) is 33.2 Å². The van der Waals surface area contributed by atoms with E-state index in [4.69, 9.17) is 10.3 Å². The zero-order valence-corrected chi connectivity index (χ0v) is 12.2. The number of hydrogen-bond acceptors (Lipinski definition) is 6. The van der Waals surface area contributed by atoms with E-state index in [0.29, 0.717) is 5.82 Å². The van der Waals surface area contributed by atoms with Gasteiger partial charge in [0.05, 0.1) is 6.26 Å². The number of nitrogens with one attached hydrogen (secondary N) is 1. The van der Waals surface area contributed by atoms with Crippen molar-refractivity contribution in [1.82, 2.24) is 9.97 Å². The summed E-state index contributed by atoms with van der Waals surface area (Å²) in [7, 11) is 1.99. The lowest BCUT2D eigenvalue weighted by Gasteiger charge is -2.19. The van der Waals surface area contributed by atoms with Crippen LogP contribution in [0.25, 0.3) is 0 Å². The van der Waals surface area contributed by atoms with Crippen LogP contribution in [0.5, 0.6) is 0 Å². The molecule has 0 bridgehead atoms. The fraction of sp³-hybridized carbons (Fsp3) is 0.429. The smallest absolute Gasteiger partial charge is 0.145 e. The SMILES string of the molecule is CCCc1nc(NN)cc(N(C)Cc2ccoc2C)n1. The quantitative estimate of drug-likeness (QED) is 0.621. The first kappa shape index (κ1) is 14.3. The topological polar surface area (TPSA) is 80.2 Å². The molecular formula is C14H21N5O. The monoisotopic (exact) mass is 275 g/mol. The van der Waals surface area contributed by atoms with Gasteiger partial charge in [-0.05, 0) is 19.4 Å². The number of rotatable bonds is 6. The maximum absolute atomic E-state index is 5.47. The van der Waals surface area contributed by atoms with Crippen LogP contribution in [-0.4, -0.2) is 17.0 Å². The number of aromatic nitrogens is 2. The minimum Gasteiger partial charge on any atom is -0.469 e. The van der Waals surface area contributed by atoms with Crippen molar-refractivity contribution in [2.75, 3.05) is 17.4 Å². The van der Waals surface area contributed by atoms with Crippen LogP contribution in [0.2, 0.25) is 0 Å². The van der Waals surface area contributed by atoms with Gasteiger partial charge in [-0.3, -0.25) is 0 Å². The summed E-state index contributed by atoms with van der Waals surface area (Å²) < 4.78 is 5.32. The van der Waals surface area contributed by atoms with Crippen molar-refractivity contribution < 1.29 is 4.42 Å². The van der Waals surface area contributed by atoms with Crippen molar-refractivity contribution in [1.29, 1.82) is 0 Å². The molecule has 2 aromatic heterocycles. The van der Waals surface area contributed by atoms with Gasteiger partial charge in [-0.2, -0.15) is 0 Å². The molecule has 108 valence electrons. The lowest BCUT2D eigenvalue weighted by Crippen LogP contribution is -2.20. The molecule has 20 heavy (non-hydrogen) atoms. The Bertz CT molecular complexity index is 566. The minimum atomic E-state index is 0.634. The molecule has 0 aliphatic rings. The van der Waals surface area contributed by atoms with Gasteiger partial charge in [-0.15, -0.1) is 0 Å². The van der Waals surface area contributed by atoms with Crippen LogP contribution in [0.15, 0.2) is 22.8 Å². The molecule has 6 nitrogen and oxygen atoms in total. The van der Waals surface area contributed by atoms with Crippen LogP contribution in [0.4, 0.5) is 11.6 Å². The van der Waals surface area contributed by atoms with Gasteiger partial charge >= 0.3 is 0 Å². The lowest BCUT2D eigenvalue weighted by molar-refractivity contribution is 0.529. The molecule has 2 aromatic rings. The predicted octanol–water partition coefficient (Wildman–Crippen LogP) is 2.25. The second-order valence-corrected chi connectivity index (χ2v) is 4.78. The molecule has 0 saturated carbocycles. The number of hydrogen-bond donors (Lipinski definition) is 2. The highest BCUT2D eigenvalue weighted by Gasteiger charge is 2.10. The number of nitrogen functional groups attached to an aromatic ring is 1. The van der Waals surface area contributed by atoms with Gasteiger partial charge in [0.1, 0.15) is 23.2 Å². The van der Waals surface area contributed by atoms with Gasteiger partial charge in [-0.25, -0.2) is 15.8 Å². The first-order valence-electron chi connectivity index (χ1n) is 6.72. The predicted molar refractivity (Wildman–Crippen MR) is 79.4 cm³/mol. The first-order chi connectivity index (χ1) is 9.63. The van der Waals surface area contributed by atoms with Crippen molar-refractivity contribution >= 4 is 11.6 Å². The van der Waals surface area contributed by atoms with Crippen molar-refractivity contribution in [3.63, 3.8) is 0 Å². The van der Waals surface area contributed by atoms with Crippen molar-refractivity contribution in [2.24, 2.45) is 5.84 Å². The van der Waals surface area contributed by atoms with Gasteiger partial charge in [-0.1, -0.05) is 6.92 Å². The van der Waals surface area contributed by atoms with E-state index in [1.54, 1.807) is 6.26 Å². The number of aryl methyl sites for hydroxylation is 2. The number of nitrogens with zero attached hydrogens (tertiary/aromatic N) is 3. The number of nitrogens with two attached hydrogens (primary N) is 1. The van der Waals surface area contributed by atoms with E-state index in [-0.39, 0.29) is 0 Å². The van der Waals surface area contributed by atoms with E-state index in [0.717, 1.165) is 42.4 Å². The fourth-order valence-corrected chi connectivity index (χ4v) is 2.00. The minimum absolute atomic E-state index is 0.634. The molecule has 2 rings (SSSR count). The number of hydrazine groups is 1. The third-order valence-electron chi connectivity index (χ3n) is 3.15. The largest absolute Gasteiger partial charge is 0.469 e. The molecule has 0 spiro atoms. The summed E-state index contributed by atoms with van der Waals surface area (Å²) in [6.07, 6.45) is 3.53. The molecule has 0 aliphatic heterocycles. The van der Waals surface area contributed by atoms with E-state index < -0.39 is 0 Å². The molecule has 0 unspecified atom stereocenters. The van der Waals surface area contributed by atoms with E-state index in [9.17, 15) is 0 Å². The van der Waals surface area contributed by atoms with E-state index in [1.807, 2.05) is 26.1 Å². The van der Waals surface area contributed by atoms with E-state index in [1.165, 1.54) is 0 Å². The highest BCUT2D eigenvalue weighted by atomic mass is 16.3. The molecule has 0 aromatic carbocycles. The second kappa shape index (κ2) is 6.38. The molecule has 0 fully saturated rings.